The molecule has 2 heterocycles. The Kier molecular flexibility index (Phi) is 4.36. The number of pyridine rings is 1. The summed E-state index contributed by atoms with van der Waals surface area (Å²) in [6.07, 6.45) is 0.351. The second-order valence-electron chi connectivity index (χ2n) is 6.44. The number of carboxylic acid groups (broad SMARTS) is 1. The number of halogens is 1. The molecule has 1 N–H and O–H groups in total. The third kappa shape index (κ3) is 3.06. The van der Waals surface area contributed by atoms with Gasteiger partial charge in [-0.15, -0.1) is 11.8 Å². The van der Waals surface area contributed by atoms with Crippen LogP contribution in [0, 0.1) is 12.7 Å². The first-order valence-corrected chi connectivity index (χ1v) is 9.34. The van der Waals surface area contributed by atoms with Crippen LogP contribution >= 0.6 is 11.8 Å². The SMILES string of the molecule is Cc1cc(=O)c(C(=O)O)c2n1-c1ccccc1S[C@@H](c1ccc(F)cc1)C2. The van der Waals surface area contributed by atoms with Gasteiger partial charge in [0, 0.05) is 34.0 Å². The molecule has 4 rings (SSSR count). The van der Waals surface area contributed by atoms with E-state index in [1.54, 1.807) is 30.8 Å². The number of fused-ring (bicyclic) bond motifs is 3. The molecule has 3 aromatic rings. The maximum Gasteiger partial charge on any atom is 0.341 e. The molecule has 1 aliphatic heterocycles. The van der Waals surface area contributed by atoms with Crippen LogP contribution < -0.4 is 5.43 Å². The number of aromatic carboxylic acids is 1. The number of aryl methyl sites for hydroxylation is 1. The smallest absolute Gasteiger partial charge is 0.341 e. The molecule has 0 radical (unpaired) electrons. The highest BCUT2D eigenvalue weighted by atomic mass is 32.2. The summed E-state index contributed by atoms with van der Waals surface area (Å²) in [7, 11) is 0. The van der Waals surface area contributed by atoms with Crippen molar-refractivity contribution >= 4 is 17.7 Å². The van der Waals surface area contributed by atoms with E-state index in [4.69, 9.17) is 0 Å². The molecule has 0 bridgehead atoms. The number of para-hydroxylation sites is 1. The lowest BCUT2D eigenvalue weighted by Gasteiger charge is -2.18. The van der Waals surface area contributed by atoms with Crippen LogP contribution in [-0.2, 0) is 6.42 Å². The van der Waals surface area contributed by atoms with Gasteiger partial charge in [0.2, 0.25) is 0 Å². The van der Waals surface area contributed by atoms with Crippen molar-refractivity contribution in [1.29, 1.82) is 0 Å². The number of nitrogens with zero attached hydrogens (tertiary/aromatic N) is 1. The van der Waals surface area contributed by atoms with Gasteiger partial charge < -0.3 is 9.67 Å². The average molecular weight is 381 g/mol. The molecule has 1 aromatic heterocycles. The van der Waals surface area contributed by atoms with Crippen molar-refractivity contribution in [3.63, 3.8) is 0 Å². The fourth-order valence-corrected chi connectivity index (χ4v) is 4.80. The molecule has 0 spiro atoms. The Hall–Kier alpha value is -2.86. The van der Waals surface area contributed by atoms with Crippen molar-refractivity contribution < 1.29 is 14.3 Å². The Bertz CT molecular complexity index is 1110. The van der Waals surface area contributed by atoms with Gasteiger partial charge in [0.1, 0.15) is 11.4 Å². The first kappa shape index (κ1) is 17.5. The topological polar surface area (TPSA) is 59.3 Å². The van der Waals surface area contributed by atoms with E-state index in [1.807, 2.05) is 28.8 Å². The van der Waals surface area contributed by atoms with Crippen LogP contribution in [0.3, 0.4) is 0 Å². The van der Waals surface area contributed by atoms with Crippen LogP contribution in [0.5, 0.6) is 0 Å². The minimum absolute atomic E-state index is 0.139. The lowest BCUT2D eigenvalue weighted by molar-refractivity contribution is 0.0693. The number of hydrogen-bond acceptors (Lipinski definition) is 3. The summed E-state index contributed by atoms with van der Waals surface area (Å²) in [6.45, 7) is 1.80. The number of carboxylic acids is 1. The summed E-state index contributed by atoms with van der Waals surface area (Å²) in [6, 6.07) is 15.3. The fourth-order valence-electron chi connectivity index (χ4n) is 3.53. The Labute approximate surface area is 159 Å². The van der Waals surface area contributed by atoms with Gasteiger partial charge in [-0.05, 0) is 36.8 Å². The molecule has 6 heteroatoms. The Morgan fingerprint density at radius 2 is 1.89 bits per heavy atom. The maximum atomic E-state index is 13.4. The molecule has 136 valence electrons. The second-order valence-corrected chi connectivity index (χ2v) is 7.69. The van der Waals surface area contributed by atoms with Gasteiger partial charge >= 0.3 is 5.97 Å². The van der Waals surface area contributed by atoms with E-state index in [-0.39, 0.29) is 16.6 Å². The molecule has 2 aromatic carbocycles. The molecule has 1 aliphatic rings. The summed E-state index contributed by atoms with van der Waals surface area (Å²) in [4.78, 5) is 25.2. The van der Waals surface area contributed by atoms with E-state index in [1.165, 1.54) is 18.2 Å². The van der Waals surface area contributed by atoms with Gasteiger partial charge in [-0.1, -0.05) is 24.3 Å². The van der Waals surface area contributed by atoms with E-state index in [0.29, 0.717) is 17.8 Å². The van der Waals surface area contributed by atoms with Crippen molar-refractivity contribution in [2.45, 2.75) is 23.5 Å². The van der Waals surface area contributed by atoms with Crippen LogP contribution in [0.4, 0.5) is 4.39 Å². The van der Waals surface area contributed by atoms with Gasteiger partial charge in [-0.2, -0.15) is 0 Å². The third-order valence-corrected chi connectivity index (χ3v) is 6.03. The third-order valence-electron chi connectivity index (χ3n) is 4.71. The van der Waals surface area contributed by atoms with Crippen molar-refractivity contribution in [3.05, 3.63) is 93.2 Å². The Morgan fingerprint density at radius 1 is 1.19 bits per heavy atom. The zero-order valence-electron chi connectivity index (χ0n) is 14.5. The van der Waals surface area contributed by atoms with Gasteiger partial charge in [0.25, 0.3) is 0 Å². The maximum absolute atomic E-state index is 13.4. The number of carbonyl (C=O) groups is 1. The first-order valence-electron chi connectivity index (χ1n) is 8.46. The predicted molar refractivity (Wildman–Crippen MR) is 102 cm³/mol. The molecule has 0 fully saturated rings. The molecule has 4 nitrogen and oxygen atoms in total. The normalized spacial score (nSPS) is 15.6. The molecule has 1 atom stereocenters. The summed E-state index contributed by atoms with van der Waals surface area (Å²) in [5, 5.41) is 9.54. The number of thioether (sulfide) groups is 1. The van der Waals surface area contributed by atoms with Crippen LogP contribution in [-0.4, -0.2) is 15.6 Å². The van der Waals surface area contributed by atoms with Crippen molar-refractivity contribution in [2.24, 2.45) is 0 Å². The predicted octanol–water partition coefficient (Wildman–Crippen LogP) is 4.37. The summed E-state index contributed by atoms with van der Waals surface area (Å²) in [5.41, 5.74) is 2.20. The number of hydrogen-bond donors (Lipinski definition) is 1. The lowest BCUT2D eigenvalue weighted by Crippen LogP contribution is -2.24. The van der Waals surface area contributed by atoms with Gasteiger partial charge in [-0.25, -0.2) is 9.18 Å². The van der Waals surface area contributed by atoms with E-state index in [0.717, 1.165) is 16.1 Å². The highest BCUT2D eigenvalue weighted by Gasteiger charge is 2.28. The van der Waals surface area contributed by atoms with E-state index in [2.05, 4.69) is 0 Å². The van der Waals surface area contributed by atoms with Crippen LogP contribution in [0.15, 0.2) is 64.3 Å². The van der Waals surface area contributed by atoms with Crippen molar-refractivity contribution in [3.8, 4) is 5.69 Å². The Balaban J connectivity index is 2.01. The van der Waals surface area contributed by atoms with Crippen LogP contribution in [0.25, 0.3) is 5.69 Å². The fraction of sp³-hybridized carbons (Fsp3) is 0.143. The van der Waals surface area contributed by atoms with E-state index < -0.39 is 11.4 Å². The van der Waals surface area contributed by atoms with Crippen molar-refractivity contribution in [1.82, 2.24) is 4.57 Å². The molecular formula is C21H16FNO3S. The molecule has 0 unspecified atom stereocenters. The highest BCUT2D eigenvalue weighted by Crippen LogP contribution is 2.44. The number of benzene rings is 2. The monoisotopic (exact) mass is 381 g/mol. The molecular weight excluding hydrogens is 365 g/mol. The summed E-state index contributed by atoms with van der Waals surface area (Å²) in [5.74, 6) is -1.55. The molecule has 27 heavy (non-hydrogen) atoms. The first-order chi connectivity index (χ1) is 13.0. The van der Waals surface area contributed by atoms with Crippen molar-refractivity contribution in [2.75, 3.05) is 0 Å². The number of aromatic nitrogens is 1. The minimum Gasteiger partial charge on any atom is -0.477 e. The van der Waals surface area contributed by atoms with Gasteiger partial charge in [0.15, 0.2) is 5.43 Å². The molecule has 0 amide bonds. The largest absolute Gasteiger partial charge is 0.477 e. The number of rotatable bonds is 2. The molecule has 0 aliphatic carbocycles. The Morgan fingerprint density at radius 3 is 2.59 bits per heavy atom. The lowest BCUT2D eigenvalue weighted by atomic mass is 10.0. The van der Waals surface area contributed by atoms with E-state index >= 15 is 0 Å². The minimum atomic E-state index is -1.23. The van der Waals surface area contributed by atoms with Gasteiger partial charge in [0.05, 0.1) is 5.69 Å². The zero-order chi connectivity index (χ0) is 19.1. The van der Waals surface area contributed by atoms with E-state index in [9.17, 15) is 19.1 Å². The van der Waals surface area contributed by atoms with Crippen LogP contribution in [0.1, 0.15) is 32.6 Å². The standard InChI is InChI=1S/C21H16FNO3S/c1-12-10-17(24)20(21(25)26)16-11-19(13-6-8-14(22)9-7-13)27-18-5-3-2-4-15(18)23(12)16/h2-10,19H,11H2,1H3,(H,25,26)/t19-/m1/s1. The quantitative estimate of drug-likeness (QED) is 0.716. The average Bonchev–Trinajstić information content (AvgIpc) is 2.79. The summed E-state index contributed by atoms with van der Waals surface area (Å²) < 4.78 is 15.2. The summed E-state index contributed by atoms with van der Waals surface area (Å²) >= 11 is 1.59. The van der Waals surface area contributed by atoms with Crippen LogP contribution in [0.2, 0.25) is 0 Å². The molecule has 0 saturated heterocycles. The second kappa shape index (κ2) is 6.70. The van der Waals surface area contributed by atoms with Gasteiger partial charge in [-0.3, -0.25) is 4.79 Å². The highest BCUT2D eigenvalue weighted by molar-refractivity contribution is 7.99. The molecule has 0 saturated carbocycles. The zero-order valence-corrected chi connectivity index (χ0v) is 15.3.